The fraction of sp³-hybridized carbons (Fsp3) is 0.875. The zero-order valence-electron chi connectivity index (χ0n) is 12.7. The van der Waals surface area contributed by atoms with Gasteiger partial charge in [0.15, 0.2) is 0 Å². The maximum Gasteiger partial charge on any atom is 0.245 e. The van der Waals surface area contributed by atoms with Gasteiger partial charge in [-0.25, -0.2) is 0 Å². The van der Waals surface area contributed by atoms with Gasteiger partial charge in [0.2, 0.25) is 11.8 Å². The second-order valence-electron chi connectivity index (χ2n) is 6.78. The highest BCUT2D eigenvalue weighted by molar-refractivity contribution is 4.96. The first kappa shape index (κ1) is 13.7. The number of hydrogen-bond acceptors (Lipinski definition) is 5. The molecule has 5 heteroatoms. The number of nitrogens with zero attached hydrogens (tertiary/aromatic N) is 3. The van der Waals surface area contributed by atoms with Gasteiger partial charge in [0.1, 0.15) is 6.10 Å². The minimum Gasteiger partial charge on any atom is -0.421 e. The van der Waals surface area contributed by atoms with E-state index < -0.39 is 0 Å². The third-order valence-corrected chi connectivity index (χ3v) is 5.28. The molecule has 1 aromatic heterocycles. The molecule has 1 unspecified atom stereocenters. The van der Waals surface area contributed by atoms with Crippen molar-refractivity contribution in [3.05, 3.63) is 11.8 Å². The minimum atomic E-state index is 0.0370. The fourth-order valence-corrected chi connectivity index (χ4v) is 3.78. The van der Waals surface area contributed by atoms with Crippen molar-refractivity contribution in [3.63, 3.8) is 0 Å². The van der Waals surface area contributed by atoms with Gasteiger partial charge in [0, 0.05) is 13.2 Å². The Kier molecular flexibility index (Phi) is 3.95. The Morgan fingerprint density at radius 2 is 1.86 bits per heavy atom. The summed E-state index contributed by atoms with van der Waals surface area (Å²) in [5.74, 6) is 2.40. The molecule has 2 saturated heterocycles. The van der Waals surface area contributed by atoms with E-state index in [1.807, 2.05) is 0 Å². The molecule has 1 saturated carbocycles. The Morgan fingerprint density at radius 3 is 2.62 bits per heavy atom. The van der Waals surface area contributed by atoms with Crippen LogP contribution in [-0.4, -0.2) is 34.8 Å². The first-order chi connectivity index (χ1) is 10.4. The van der Waals surface area contributed by atoms with Gasteiger partial charge in [-0.3, -0.25) is 4.90 Å². The largest absolute Gasteiger partial charge is 0.421 e. The second kappa shape index (κ2) is 6.05. The summed E-state index contributed by atoms with van der Waals surface area (Å²) in [5, 5.41) is 8.60. The Bertz CT molecular complexity index is 466. The quantitative estimate of drug-likeness (QED) is 0.852. The van der Waals surface area contributed by atoms with Crippen molar-refractivity contribution in [2.24, 2.45) is 5.92 Å². The lowest BCUT2D eigenvalue weighted by atomic mass is 9.84. The summed E-state index contributed by atoms with van der Waals surface area (Å²) in [6.45, 7) is 3.21. The highest BCUT2D eigenvalue weighted by Crippen LogP contribution is 2.36. The SMILES string of the molecule is C1CC(CN2CCCCC2c2nnc([C@H]3CCCO3)o2)C1. The molecule has 116 valence electrons. The van der Waals surface area contributed by atoms with Gasteiger partial charge < -0.3 is 9.15 Å². The number of aromatic nitrogens is 2. The molecule has 4 rings (SSSR count). The number of rotatable bonds is 4. The maximum absolute atomic E-state index is 5.98. The molecule has 0 radical (unpaired) electrons. The van der Waals surface area contributed by atoms with Gasteiger partial charge in [-0.05, 0) is 51.0 Å². The molecule has 1 aromatic rings. The summed E-state index contributed by atoms with van der Waals surface area (Å²) in [5.41, 5.74) is 0. The lowest BCUT2D eigenvalue weighted by Crippen LogP contribution is -2.38. The zero-order chi connectivity index (χ0) is 14.1. The summed E-state index contributed by atoms with van der Waals surface area (Å²) < 4.78 is 11.6. The van der Waals surface area contributed by atoms with E-state index in [-0.39, 0.29) is 6.10 Å². The topological polar surface area (TPSA) is 51.4 Å². The minimum absolute atomic E-state index is 0.0370. The molecule has 0 aromatic carbocycles. The van der Waals surface area contributed by atoms with Crippen molar-refractivity contribution in [3.8, 4) is 0 Å². The van der Waals surface area contributed by atoms with Gasteiger partial charge in [-0.1, -0.05) is 12.8 Å². The van der Waals surface area contributed by atoms with Crippen molar-refractivity contribution < 1.29 is 9.15 Å². The molecule has 21 heavy (non-hydrogen) atoms. The summed E-state index contributed by atoms with van der Waals surface area (Å²) >= 11 is 0. The van der Waals surface area contributed by atoms with Gasteiger partial charge >= 0.3 is 0 Å². The third-order valence-electron chi connectivity index (χ3n) is 5.28. The van der Waals surface area contributed by atoms with Gasteiger partial charge in [-0.15, -0.1) is 10.2 Å². The Morgan fingerprint density at radius 1 is 0.952 bits per heavy atom. The van der Waals surface area contributed by atoms with Crippen molar-refractivity contribution in [2.75, 3.05) is 19.7 Å². The first-order valence-electron chi connectivity index (χ1n) is 8.59. The van der Waals surface area contributed by atoms with Gasteiger partial charge in [0.25, 0.3) is 0 Å². The molecule has 0 N–H and O–H groups in total. The number of piperidine rings is 1. The van der Waals surface area contributed by atoms with E-state index >= 15 is 0 Å². The van der Waals surface area contributed by atoms with E-state index in [0.29, 0.717) is 11.9 Å². The van der Waals surface area contributed by atoms with Crippen LogP contribution < -0.4 is 0 Å². The number of likely N-dealkylation sites (tertiary alicyclic amines) is 1. The summed E-state index contributed by atoms with van der Waals surface area (Å²) in [6, 6.07) is 0.335. The molecular weight excluding hydrogens is 266 g/mol. The molecule has 1 aliphatic carbocycles. The summed E-state index contributed by atoms with van der Waals surface area (Å²) in [7, 11) is 0. The van der Waals surface area contributed by atoms with Gasteiger partial charge in [0.05, 0.1) is 6.04 Å². The number of hydrogen-bond donors (Lipinski definition) is 0. The van der Waals surface area contributed by atoms with Crippen molar-refractivity contribution in [2.45, 2.75) is 63.5 Å². The van der Waals surface area contributed by atoms with Crippen LogP contribution >= 0.6 is 0 Å². The van der Waals surface area contributed by atoms with Crippen LogP contribution in [0.4, 0.5) is 0 Å². The highest BCUT2D eigenvalue weighted by Gasteiger charge is 2.33. The predicted molar refractivity (Wildman–Crippen MR) is 77.7 cm³/mol. The molecule has 3 aliphatic rings. The van der Waals surface area contributed by atoms with Crippen LogP contribution in [0.25, 0.3) is 0 Å². The van der Waals surface area contributed by atoms with Crippen LogP contribution in [0.5, 0.6) is 0 Å². The highest BCUT2D eigenvalue weighted by atomic mass is 16.5. The third kappa shape index (κ3) is 2.86. The normalized spacial score (nSPS) is 31.4. The molecule has 2 atom stereocenters. The van der Waals surface area contributed by atoms with Crippen molar-refractivity contribution in [1.82, 2.24) is 15.1 Å². The van der Waals surface area contributed by atoms with Crippen LogP contribution in [0.15, 0.2) is 4.42 Å². The van der Waals surface area contributed by atoms with Crippen LogP contribution in [-0.2, 0) is 4.74 Å². The number of ether oxygens (including phenoxy) is 1. The van der Waals surface area contributed by atoms with E-state index in [1.54, 1.807) is 0 Å². The fourth-order valence-electron chi connectivity index (χ4n) is 3.78. The van der Waals surface area contributed by atoms with Crippen molar-refractivity contribution in [1.29, 1.82) is 0 Å². The average molecular weight is 291 g/mol. The van der Waals surface area contributed by atoms with Crippen LogP contribution in [0.3, 0.4) is 0 Å². The van der Waals surface area contributed by atoms with Crippen LogP contribution in [0.2, 0.25) is 0 Å². The molecule has 0 spiro atoms. The molecule has 3 fully saturated rings. The Balaban J connectivity index is 1.46. The van der Waals surface area contributed by atoms with Crippen LogP contribution in [0.1, 0.15) is 75.3 Å². The molecule has 0 bridgehead atoms. The van der Waals surface area contributed by atoms with Crippen LogP contribution in [0, 0.1) is 5.92 Å². The first-order valence-corrected chi connectivity index (χ1v) is 8.59. The zero-order valence-corrected chi connectivity index (χ0v) is 12.7. The maximum atomic E-state index is 5.98. The van der Waals surface area contributed by atoms with E-state index in [2.05, 4.69) is 15.1 Å². The smallest absolute Gasteiger partial charge is 0.245 e. The second-order valence-corrected chi connectivity index (χ2v) is 6.78. The molecule has 3 heterocycles. The van der Waals surface area contributed by atoms with Crippen molar-refractivity contribution >= 4 is 0 Å². The Hall–Kier alpha value is -0.940. The monoisotopic (exact) mass is 291 g/mol. The lowest BCUT2D eigenvalue weighted by molar-refractivity contribution is 0.0703. The molecule has 5 nitrogen and oxygen atoms in total. The molecule has 2 aliphatic heterocycles. The average Bonchev–Trinajstić information content (AvgIpc) is 3.13. The van der Waals surface area contributed by atoms with Gasteiger partial charge in [-0.2, -0.15) is 0 Å². The predicted octanol–water partition coefficient (Wildman–Crippen LogP) is 3.25. The Labute approximate surface area is 126 Å². The van der Waals surface area contributed by atoms with E-state index in [9.17, 15) is 0 Å². The van der Waals surface area contributed by atoms with E-state index in [1.165, 1.54) is 45.2 Å². The summed E-state index contributed by atoms with van der Waals surface area (Å²) in [6.07, 6.45) is 10.1. The molecular formula is C16H25N3O2. The lowest BCUT2D eigenvalue weighted by Gasteiger charge is -2.38. The van der Waals surface area contributed by atoms with E-state index in [4.69, 9.17) is 9.15 Å². The van der Waals surface area contributed by atoms with E-state index in [0.717, 1.165) is 37.7 Å². The standard InChI is InChI=1S/C16H25N3O2/c1-2-9-19(11-12-5-3-6-12)13(7-1)15-17-18-16(21-15)14-8-4-10-20-14/h12-14H,1-11H2/t13?,14-/m1/s1. The molecule has 0 amide bonds. The summed E-state index contributed by atoms with van der Waals surface area (Å²) in [4.78, 5) is 2.58.